The van der Waals surface area contributed by atoms with Crippen molar-refractivity contribution in [3.8, 4) is 5.75 Å². The van der Waals surface area contributed by atoms with Gasteiger partial charge in [-0.05, 0) is 48.5 Å². The lowest BCUT2D eigenvalue weighted by Crippen LogP contribution is -2.31. The number of aliphatic hydroxyl groups is 1. The van der Waals surface area contributed by atoms with Gasteiger partial charge in [0.1, 0.15) is 5.75 Å². The van der Waals surface area contributed by atoms with Crippen LogP contribution in [0.5, 0.6) is 5.75 Å². The fourth-order valence-corrected chi connectivity index (χ4v) is 3.17. The van der Waals surface area contributed by atoms with Crippen LogP contribution in [0.4, 0.5) is 5.69 Å². The van der Waals surface area contributed by atoms with Crippen molar-refractivity contribution in [1.29, 1.82) is 0 Å². The molecular weight excluding hydrogens is 412 g/mol. The maximum absolute atomic E-state index is 12.3. The smallest absolute Gasteiger partial charge is 0.261 e. The fraction of sp³-hybridized carbons (Fsp3) is 0.188. The summed E-state index contributed by atoms with van der Waals surface area (Å²) in [5.41, 5.74) is 0.448. The maximum atomic E-state index is 12.3. The minimum absolute atomic E-state index is 0.0764. The van der Waals surface area contributed by atoms with Gasteiger partial charge in [-0.15, -0.1) is 0 Å². The minimum Gasteiger partial charge on any atom is -0.484 e. The van der Waals surface area contributed by atoms with E-state index >= 15 is 0 Å². The summed E-state index contributed by atoms with van der Waals surface area (Å²) >= 11 is 3.28. The second-order valence-corrected chi connectivity index (χ2v) is 7.54. The fourth-order valence-electron chi connectivity index (χ4n) is 1.84. The molecule has 0 saturated heterocycles. The first-order valence-corrected chi connectivity index (χ1v) is 9.57. The highest BCUT2D eigenvalue weighted by molar-refractivity contribution is 9.10. The van der Waals surface area contributed by atoms with Crippen LogP contribution in [-0.2, 0) is 14.8 Å². The van der Waals surface area contributed by atoms with Crippen molar-refractivity contribution in [2.75, 3.05) is 24.5 Å². The standard InChI is InChI=1S/C16H17BrN2O5S/c17-12-1-3-13(4-2-12)19-25(22,23)15-7-5-14(6-8-15)24-11-16(21)18-9-10-20/h1-8,19-20H,9-11H2,(H,18,21). The van der Waals surface area contributed by atoms with Crippen molar-refractivity contribution in [3.63, 3.8) is 0 Å². The maximum Gasteiger partial charge on any atom is 0.261 e. The Labute approximate surface area is 154 Å². The molecule has 0 aromatic heterocycles. The Bertz CT molecular complexity index is 807. The third kappa shape index (κ3) is 6.04. The Kier molecular flexibility index (Phi) is 6.80. The summed E-state index contributed by atoms with van der Waals surface area (Å²) in [6.07, 6.45) is 0. The molecule has 0 fully saturated rings. The molecule has 0 unspecified atom stereocenters. The van der Waals surface area contributed by atoms with Crippen LogP contribution >= 0.6 is 15.9 Å². The SMILES string of the molecule is O=C(COc1ccc(S(=O)(=O)Nc2ccc(Br)cc2)cc1)NCCO. The number of rotatable bonds is 8. The largest absolute Gasteiger partial charge is 0.484 e. The molecule has 0 saturated carbocycles. The molecule has 0 heterocycles. The lowest BCUT2D eigenvalue weighted by atomic mass is 10.3. The Morgan fingerprint density at radius 2 is 1.72 bits per heavy atom. The first-order valence-electron chi connectivity index (χ1n) is 7.29. The van der Waals surface area contributed by atoms with Crippen molar-refractivity contribution < 1.29 is 23.1 Å². The highest BCUT2D eigenvalue weighted by Gasteiger charge is 2.14. The van der Waals surface area contributed by atoms with Gasteiger partial charge in [-0.1, -0.05) is 15.9 Å². The van der Waals surface area contributed by atoms with Gasteiger partial charge < -0.3 is 15.2 Å². The van der Waals surface area contributed by atoms with Gasteiger partial charge in [0.15, 0.2) is 6.61 Å². The molecule has 0 aliphatic rings. The summed E-state index contributed by atoms with van der Waals surface area (Å²) in [6.45, 7) is -0.214. The van der Waals surface area contributed by atoms with Crippen molar-refractivity contribution in [2.24, 2.45) is 0 Å². The molecule has 2 aromatic rings. The first-order chi connectivity index (χ1) is 11.9. The van der Waals surface area contributed by atoms with E-state index in [9.17, 15) is 13.2 Å². The predicted molar refractivity (Wildman–Crippen MR) is 97.0 cm³/mol. The Morgan fingerprint density at radius 1 is 1.08 bits per heavy atom. The number of carbonyl (C=O) groups is 1. The van der Waals surface area contributed by atoms with Crippen molar-refractivity contribution >= 4 is 37.5 Å². The van der Waals surface area contributed by atoms with Crippen LogP contribution in [0, 0.1) is 0 Å². The lowest BCUT2D eigenvalue weighted by molar-refractivity contribution is -0.123. The average Bonchev–Trinajstić information content (AvgIpc) is 2.60. The van der Waals surface area contributed by atoms with E-state index in [4.69, 9.17) is 9.84 Å². The summed E-state index contributed by atoms with van der Waals surface area (Å²) in [5.74, 6) is -0.00982. The molecule has 3 N–H and O–H groups in total. The number of aliphatic hydroxyl groups excluding tert-OH is 1. The molecule has 25 heavy (non-hydrogen) atoms. The number of amides is 1. The molecule has 0 bridgehead atoms. The summed E-state index contributed by atoms with van der Waals surface area (Å²) in [5, 5.41) is 11.1. The van der Waals surface area contributed by atoms with Gasteiger partial charge in [0, 0.05) is 16.7 Å². The van der Waals surface area contributed by atoms with Crippen molar-refractivity contribution in [2.45, 2.75) is 4.90 Å². The Balaban J connectivity index is 1.98. The van der Waals surface area contributed by atoms with Gasteiger partial charge >= 0.3 is 0 Å². The molecule has 0 spiro atoms. The van der Waals surface area contributed by atoms with E-state index in [2.05, 4.69) is 26.0 Å². The van der Waals surface area contributed by atoms with Crippen LogP contribution in [0.1, 0.15) is 0 Å². The molecule has 2 rings (SSSR count). The van der Waals surface area contributed by atoms with Crippen molar-refractivity contribution in [1.82, 2.24) is 5.32 Å². The highest BCUT2D eigenvalue weighted by Crippen LogP contribution is 2.20. The molecule has 0 aliphatic heterocycles. The van der Waals surface area contributed by atoms with E-state index in [0.29, 0.717) is 11.4 Å². The zero-order valence-corrected chi connectivity index (χ0v) is 15.5. The molecule has 2 aromatic carbocycles. The monoisotopic (exact) mass is 428 g/mol. The van der Waals surface area contributed by atoms with Crippen LogP contribution in [0.15, 0.2) is 57.9 Å². The number of anilines is 1. The van der Waals surface area contributed by atoms with Gasteiger partial charge in [-0.2, -0.15) is 0 Å². The first kappa shape index (κ1) is 19.2. The molecule has 9 heteroatoms. The predicted octanol–water partition coefficient (Wildman–Crippen LogP) is 1.74. The van der Waals surface area contributed by atoms with Crippen LogP contribution < -0.4 is 14.8 Å². The third-order valence-electron chi connectivity index (χ3n) is 3.03. The minimum atomic E-state index is -3.71. The van der Waals surface area contributed by atoms with E-state index < -0.39 is 10.0 Å². The van der Waals surface area contributed by atoms with Crippen LogP contribution in [0.2, 0.25) is 0 Å². The number of hydrogen-bond donors (Lipinski definition) is 3. The van der Waals surface area contributed by atoms with Gasteiger partial charge in [-0.25, -0.2) is 8.42 Å². The average molecular weight is 429 g/mol. The van der Waals surface area contributed by atoms with E-state index in [-0.39, 0.29) is 30.6 Å². The summed E-state index contributed by atoms with van der Waals surface area (Å²) in [6, 6.07) is 12.5. The number of nitrogens with one attached hydrogen (secondary N) is 2. The topological polar surface area (TPSA) is 105 Å². The Morgan fingerprint density at radius 3 is 2.32 bits per heavy atom. The zero-order valence-electron chi connectivity index (χ0n) is 13.1. The number of halogens is 1. The normalized spacial score (nSPS) is 11.0. The Hall–Kier alpha value is -2.10. The van der Waals surface area contributed by atoms with Gasteiger partial charge in [0.05, 0.1) is 11.5 Å². The number of ether oxygens (including phenoxy) is 1. The highest BCUT2D eigenvalue weighted by atomic mass is 79.9. The molecule has 7 nitrogen and oxygen atoms in total. The second-order valence-electron chi connectivity index (χ2n) is 4.95. The summed E-state index contributed by atoms with van der Waals surface area (Å²) in [4.78, 5) is 11.4. The number of benzene rings is 2. The zero-order chi connectivity index (χ0) is 18.3. The number of sulfonamides is 1. The van der Waals surface area contributed by atoms with E-state index in [1.165, 1.54) is 24.3 Å². The molecule has 134 valence electrons. The molecule has 0 atom stereocenters. The number of hydrogen-bond acceptors (Lipinski definition) is 5. The molecule has 0 radical (unpaired) electrons. The number of carbonyl (C=O) groups excluding carboxylic acids is 1. The lowest BCUT2D eigenvalue weighted by Gasteiger charge is -2.10. The molecule has 0 aliphatic carbocycles. The second kappa shape index (κ2) is 8.84. The molecular formula is C16H17BrN2O5S. The van der Waals surface area contributed by atoms with E-state index in [1.54, 1.807) is 24.3 Å². The van der Waals surface area contributed by atoms with E-state index in [1.807, 2.05) is 0 Å². The summed E-state index contributed by atoms with van der Waals surface area (Å²) in [7, 11) is -3.71. The van der Waals surface area contributed by atoms with Crippen molar-refractivity contribution in [3.05, 3.63) is 53.0 Å². The van der Waals surface area contributed by atoms with Crippen LogP contribution in [0.25, 0.3) is 0 Å². The van der Waals surface area contributed by atoms with E-state index in [0.717, 1.165) is 4.47 Å². The van der Waals surface area contributed by atoms with Gasteiger partial charge in [0.2, 0.25) is 0 Å². The van der Waals surface area contributed by atoms with Gasteiger partial charge in [-0.3, -0.25) is 9.52 Å². The summed E-state index contributed by atoms with van der Waals surface area (Å²) < 4.78 is 33.2. The van der Waals surface area contributed by atoms with Crippen LogP contribution in [-0.4, -0.2) is 39.2 Å². The molecule has 1 amide bonds. The quantitative estimate of drug-likeness (QED) is 0.593. The van der Waals surface area contributed by atoms with Gasteiger partial charge in [0.25, 0.3) is 15.9 Å². The van der Waals surface area contributed by atoms with Crippen LogP contribution in [0.3, 0.4) is 0 Å². The third-order valence-corrected chi connectivity index (χ3v) is 4.96.